The molecule has 118 valence electrons. The predicted molar refractivity (Wildman–Crippen MR) is 83.0 cm³/mol. The maximum absolute atomic E-state index is 10.7. The molecule has 0 amide bonds. The molecular formula is C17H26O4. The average Bonchev–Trinajstić information content (AvgIpc) is 2.50. The molecule has 0 radical (unpaired) electrons. The van der Waals surface area contributed by atoms with Crippen LogP contribution in [-0.4, -0.2) is 30.9 Å². The van der Waals surface area contributed by atoms with Gasteiger partial charge in [0.15, 0.2) is 0 Å². The summed E-state index contributed by atoms with van der Waals surface area (Å²) in [5.74, 6) is 0.379. The first-order valence-electron chi connectivity index (χ1n) is 7.71. The predicted octanol–water partition coefficient (Wildman–Crippen LogP) is 4.00. The molecule has 4 heteroatoms. The maximum Gasteiger partial charge on any atom is 0.335 e. The minimum atomic E-state index is -0.928. The first-order valence-corrected chi connectivity index (χ1v) is 7.71. The van der Waals surface area contributed by atoms with Gasteiger partial charge in [0.2, 0.25) is 0 Å². The molecule has 0 heterocycles. The van der Waals surface area contributed by atoms with Gasteiger partial charge in [0.05, 0.1) is 12.2 Å². The van der Waals surface area contributed by atoms with Gasteiger partial charge in [-0.3, -0.25) is 0 Å². The Morgan fingerprint density at radius 1 is 1.19 bits per heavy atom. The van der Waals surface area contributed by atoms with Crippen molar-refractivity contribution in [2.75, 3.05) is 19.8 Å². The maximum atomic E-state index is 10.7. The Balaban J connectivity index is 2.17. The van der Waals surface area contributed by atoms with Gasteiger partial charge in [-0.05, 0) is 36.6 Å². The number of hydrogen-bond acceptors (Lipinski definition) is 3. The van der Waals surface area contributed by atoms with E-state index in [9.17, 15) is 4.79 Å². The summed E-state index contributed by atoms with van der Waals surface area (Å²) >= 11 is 0. The molecule has 0 aliphatic carbocycles. The van der Waals surface area contributed by atoms with Crippen molar-refractivity contribution in [1.82, 2.24) is 0 Å². The van der Waals surface area contributed by atoms with Gasteiger partial charge in [0.1, 0.15) is 12.4 Å². The average molecular weight is 294 g/mol. The third-order valence-corrected chi connectivity index (χ3v) is 3.49. The highest BCUT2D eigenvalue weighted by molar-refractivity contribution is 5.87. The molecule has 1 N–H and O–H groups in total. The Bertz CT molecular complexity index is 400. The fraction of sp³-hybridized carbons (Fsp3) is 0.588. The fourth-order valence-electron chi connectivity index (χ4n) is 2.06. The molecule has 1 atom stereocenters. The number of aromatic carboxylic acids is 1. The van der Waals surface area contributed by atoms with Crippen LogP contribution in [0.4, 0.5) is 0 Å². The third kappa shape index (κ3) is 7.14. The number of unbranched alkanes of at least 4 members (excludes halogenated alkanes) is 1. The zero-order valence-corrected chi connectivity index (χ0v) is 13.0. The Hall–Kier alpha value is -1.55. The van der Waals surface area contributed by atoms with E-state index in [4.69, 9.17) is 14.6 Å². The largest absolute Gasteiger partial charge is 0.491 e. The summed E-state index contributed by atoms with van der Waals surface area (Å²) in [5, 5.41) is 8.80. The van der Waals surface area contributed by atoms with Crippen LogP contribution in [0.15, 0.2) is 24.3 Å². The summed E-state index contributed by atoms with van der Waals surface area (Å²) in [6, 6.07) is 6.41. The van der Waals surface area contributed by atoms with Crippen molar-refractivity contribution in [3.8, 4) is 5.75 Å². The van der Waals surface area contributed by atoms with Crippen LogP contribution < -0.4 is 4.74 Å². The van der Waals surface area contributed by atoms with E-state index in [1.54, 1.807) is 12.1 Å². The SMILES string of the molecule is CCCCC(CC)COCCOc1ccc(C(=O)O)cc1. The van der Waals surface area contributed by atoms with Crippen LogP contribution in [0, 0.1) is 5.92 Å². The molecular weight excluding hydrogens is 268 g/mol. The van der Waals surface area contributed by atoms with E-state index in [2.05, 4.69) is 13.8 Å². The highest BCUT2D eigenvalue weighted by atomic mass is 16.5. The Kier molecular flexibility index (Phi) is 8.51. The van der Waals surface area contributed by atoms with Crippen molar-refractivity contribution in [2.24, 2.45) is 5.92 Å². The van der Waals surface area contributed by atoms with Crippen LogP contribution in [0.2, 0.25) is 0 Å². The van der Waals surface area contributed by atoms with Crippen molar-refractivity contribution in [2.45, 2.75) is 39.5 Å². The Morgan fingerprint density at radius 3 is 2.48 bits per heavy atom. The molecule has 0 aromatic heterocycles. The number of carboxylic acids is 1. The molecule has 4 nitrogen and oxygen atoms in total. The van der Waals surface area contributed by atoms with E-state index in [0.29, 0.717) is 24.9 Å². The lowest BCUT2D eigenvalue weighted by Gasteiger charge is -2.14. The standard InChI is InChI=1S/C17H26O4/c1-3-5-6-14(4-2)13-20-11-12-21-16-9-7-15(8-10-16)17(18)19/h7-10,14H,3-6,11-13H2,1-2H3,(H,18,19). The number of rotatable bonds is 11. The monoisotopic (exact) mass is 294 g/mol. The minimum Gasteiger partial charge on any atom is -0.491 e. The van der Waals surface area contributed by atoms with Crippen molar-refractivity contribution in [1.29, 1.82) is 0 Å². The molecule has 1 aromatic carbocycles. The van der Waals surface area contributed by atoms with E-state index < -0.39 is 5.97 Å². The third-order valence-electron chi connectivity index (χ3n) is 3.49. The van der Waals surface area contributed by atoms with Gasteiger partial charge in [-0.1, -0.05) is 33.1 Å². The molecule has 1 aromatic rings. The van der Waals surface area contributed by atoms with E-state index in [1.165, 1.54) is 31.4 Å². The van der Waals surface area contributed by atoms with Gasteiger partial charge in [-0.15, -0.1) is 0 Å². The molecule has 0 saturated carbocycles. The van der Waals surface area contributed by atoms with Crippen molar-refractivity contribution < 1.29 is 19.4 Å². The Morgan fingerprint density at radius 2 is 1.90 bits per heavy atom. The van der Waals surface area contributed by atoms with Crippen LogP contribution in [-0.2, 0) is 4.74 Å². The molecule has 0 saturated heterocycles. The summed E-state index contributed by atoms with van der Waals surface area (Å²) in [7, 11) is 0. The first-order chi connectivity index (χ1) is 10.2. The van der Waals surface area contributed by atoms with Crippen LogP contribution in [0.25, 0.3) is 0 Å². The zero-order valence-electron chi connectivity index (χ0n) is 13.0. The number of ether oxygens (including phenoxy) is 2. The van der Waals surface area contributed by atoms with Crippen LogP contribution in [0.3, 0.4) is 0 Å². The summed E-state index contributed by atoms with van der Waals surface area (Å²) in [5.41, 5.74) is 0.264. The molecule has 0 aliphatic rings. The topological polar surface area (TPSA) is 55.8 Å². The van der Waals surface area contributed by atoms with E-state index in [-0.39, 0.29) is 5.56 Å². The van der Waals surface area contributed by atoms with E-state index in [1.807, 2.05) is 0 Å². The second-order valence-electron chi connectivity index (χ2n) is 5.17. The van der Waals surface area contributed by atoms with Gasteiger partial charge >= 0.3 is 5.97 Å². The summed E-state index contributed by atoms with van der Waals surface area (Å²) in [4.78, 5) is 10.7. The fourth-order valence-corrected chi connectivity index (χ4v) is 2.06. The first kappa shape index (κ1) is 17.5. The number of hydrogen-bond donors (Lipinski definition) is 1. The van der Waals surface area contributed by atoms with Gasteiger partial charge in [-0.2, -0.15) is 0 Å². The molecule has 0 aliphatic heterocycles. The van der Waals surface area contributed by atoms with E-state index >= 15 is 0 Å². The molecule has 1 rings (SSSR count). The van der Waals surface area contributed by atoms with Crippen LogP contribution >= 0.6 is 0 Å². The molecule has 21 heavy (non-hydrogen) atoms. The lowest BCUT2D eigenvalue weighted by atomic mass is 10.0. The van der Waals surface area contributed by atoms with Crippen molar-refractivity contribution >= 4 is 5.97 Å². The zero-order chi connectivity index (χ0) is 15.5. The summed E-state index contributed by atoms with van der Waals surface area (Å²) < 4.78 is 11.2. The molecule has 0 bridgehead atoms. The Labute approximate surface area is 127 Å². The van der Waals surface area contributed by atoms with Gasteiger partial charge < -0.3 is 14.6 Å². The molecule has 1 unspecified atom stereocenters. The summed E-state index contributed by atoms with van der Waals surface area (Å²) in [6.45, 7) is 6.24. The normalized spacial score (nSPS) is 12.1. The lowest BCUT2D eigenvalue weighted by Crippen LogP contribution is -2.13. The second kappa shape index (κ2) is 10.2. The van der Waals surface area contributed by atoms with Crippen molar-refractivity contribution in [3.63, 3.8) is 0 Å². The van der Waals surface area contributed by atoms with Crippen LogP contribution in [0.5, 0.6) is 5.75 Å². The minimum absolute atomic E-state index is 0.264. The van der Waals surface area contributed by atoms with Gasteiger partial charge in [-0.25, -0.2) is 4.79 Å². The second-order valence-corrected chi connectivity index (χ2v) is 5.17. The highest BCUT2D eigenvalue weighted by Gasteiger charge is 2.06. The van der Waals surface area contributed by atoms with Crippen molar-refractivity contribution in [3.05, 3.63) is 29.8 Å². The van der Waals surface area contributed by atoms with E-state index in [0.717, 1.165) is 13.0 Å². The molecule has 0 spiro atoms. The number of carboxylic acid groups (broad SMARTS) is 1. The lowest BCUT2D eigenvalue weighted by molar-refractivity contribution is 0.0691. The smallest absolute Gasteiger partial charge is 0.335 e. The summed E-state index contributed by atoms with van der Waals surface area (Å²) in [6.07, 6.45) is 4.86. The molecule has 0 fully saturated rings. The quantitative estimate of drug-likeness (QED) is 0.627. The number of carbonyl (C=O) groups is 1. The van der Waals surface area contributed by atoms with Gasteiger partial charge in [0, 0.05) is 6.61 Å². The van der Waals surface area contributed by atoms with Gasteiger partial charge in [0.25, 0.3) is 0 Å². The highest BCUT2D eigenvalue weighted by Crippen LogP contribution is 2.14. The number of benzene rings is 1. The van der Waals surface area contributed by atoms with Crippen LogP contribution in [0.1, 0.15) is 49.9 Å².